The fourth-order valence-corrected chi connectivity index (χ4v) is 3.33. The predicted molar refractivity (Wildman–Crippen MR) is 75.6 cm³/mol. The summed E-state index contributed by atoms with van der Waals surface area (Å²) in [4.78, 5) is 2.61. The molecule has 2 N–H and O–H groups in total. The maximum Gasteiger partial charge on any atom is 0.0468 e. The van der Waals surface area contributed by atoms with Crippen LogP contribution in [0.5, 0.6) is 0 Å². The van der Waals surface area contributed by atoms with Crippen molar-refractivity contribution in [2.75, 3.05) is 26.3 Å². The summed E-state index contributed by atoms with van der Waals surface area (Å²) in [6.45, 7) is 9.00. The summed E-state index contributed by atoms with van der Waals surface area (Å²) in [7, 11) is 0. The van der Waals surface area contributed by atoms with Crippen LogP contribution in [0.15, 0.2) is 0 Å². The molecular weight excluding hydrogens is 224 g/mol. The van der Waals surface area contributed by atoms with E-state index in [1.165, 1.54) is 45.2 Å². The van der Waals surface area contributed by atoms with Crippen LogP contribution in [0.2, 0.25) is 0 Å². The van der Waals surface area contributed by atoms with Crippen LogP contribution in [0.1, 0.15) is 52.4 Å². The Morgan fingerprint density at radius 3 is 2.39 bits per heavy atom. The fourth-order valence-electron chi connectivity index (χ4n) is 3.33. The maximum atomic E-state index is 6.53. The first-order valence-electron chi connectivity index (χ1n) is 7.69. The molecule has 2 saturated heterocycles. The second-order valence-electron chi connectivity index (χ2n) is 6.60. The van der Waals surface area contributed by atoms with Gasteiger partial charge < -0.3 is 10.5 Å². The number of likely N-dealkylation sites (tertiary alicyclic amines) is 1. The highest BCUT2D eigenvalue weighted by atomic mass is 16.5. The standard InChI is InChI=1S/C15H30N2O/c1-15(2,17-8-4-3-5-9-17)14(16)12-13-6-10-18-11-7-13/h13-14H,3-12,16H2,1-2H3. The second kappa shape index (κ2) is 6.36. The fraction of sp³-hybridized carbons (Fsp3) is 1.00. The Kier molecular flexibility index (Phi) is 5.05. The van der Waals surface area contributed by atoms with Crippen molar-refractivity contribution < 1.29 is 4.74 Å². The van der Waals surface area contributed by atoms with E-state index in [9.17, 15) is 0 Å². The van der Waals surface area contributed by atoms with Crippen molar-refractivity contribution in [2.45, 2.75) is 64.0 Å². The Hall–Kier alpha value is -0.120. The van der Waals surface area contributed by atoms with Gasteiger partial charge in [0.15, 0.2) is 0 Å². The number of rotatable bonds is 4. The molecule has 0 bridgehead atoms. The van der Waals surface area contributed by atoms with Crippen LogP contribution < -0.4 is 5.73 Å². The zero-order valence-corrected chi connectivity index (χ0v) is 12.2. The van der Waals surface area contributed by atoms with Gasteiger partial charge in [0, 0.05) is 24.8 Å². The molecule has 0 radical (unpaired) electrons. The third-order valence-electron chi connectivity index (χ3n) is 5.01. The van der Waals surface area contributed by atoms with E-state index in [1.807, 2.05) is 0 Å². The van der Waals surface area contributed by atoms with Crippen molar-refractivity contribution in [1.29, 1.82) is 0 Å². The zero-order valence-electron chi connectivity index (χ0n) is 12.2. The minimum absolute atomic E-state index is 0.152. The van der Waals surface area contributed by atoms with Gasteiger partial charge in [-0.25, -0.2) is 0 Å². The van der Waals surface area contributed by atoms with Crippen LogP contribution >= 0.6 is 0 Å². The molecule has 3 heteroatoms. The van der Waals surface area contributed by atoms with Gasteiger partial charge in [-0.1, -0.05) is 6.42 Å². The van der Waals surface area contributed by atoms with E-state index >= 15 is 0 Å². The van der Waals surface area contributed by atoms with Gasteiger partial charge in [-0.15, -0.1) is 0 Å². The van der Waals surface area contributed by atoms with E-state index in [0.717, 1.165) is 25.6 Å². The highest BCUT2D eigenvalue weighted by molar-refractivity contribution is 4.93. The molecule has 18 heavy (non-hydrogen) atoms. The first kappa shape index (κ1) is 14.3. The summed E-state index contributed by atoms with van der Waals surface area (Å²) in [6.07, 6.45) is 7.63. The topological polar surface area (TPSA) is 38.5 Å². The summed E-state index contributed by atoms with van der Waals surface area (Å²) >= 11 is 0. The van der Waals surface area contributed by atoms with E-state index in [0.29, 0.717) is 6.04 Å². The molecule has 0 saturated carbocycles. The average molecular weight is 254 g/mol. The lowest BCUT2D eigenvalue weighted by atomic mass is 9.82. The van der Waals surface area contributed by atoms with Crippen molar-refractivity contribution in [1.82, 2.24) is 4.90 Å². The molecule has 3 nitrogen and oxygen atoms in total. The van der Waals surface area contributed by atoms with Crippen molar-refractivity contribution in [2.24, 2.45) is 11.7 Å². The molecule has 2 heterocycles. The van der Waals surface area contributed by atoms with E-state index in [1.54, 1.807) is 0 Å². The minimum atomic E-state index is 0.152. The first-order valence-corrected chi connectivity index (χ1v) is 7.69. The van der Waals surface area contributed by atoms with Crippen LogP contribution in [-0.2, 0) is 4.74 Å². The van der Waals surface area contributed by atoms with Crippen LogP contribution in [0.3, 0.4) is 0 Å². The summed E-state index contributed by atoms with van der Waals surface area (Å²) in [5.74, 6) is 0.776. The van der Waals surface area contributed by atoms with Gasteiger partial charge >= 0.3 is 0 Å². The van der Waals surface area contributed by atoms with Crippen molar-refractivity contribution >= 4 is 0 Å². The molecule has 2 fully saturated rings. The molecule has 1 atom stereocenters. The molecule has 1 unspecified atom stereocenters. The van der Waals surface area contributed by atoms with E-state index in [-0.39, 0.29) is 5.54 Å². The third-order valence-corrected chi connectivity index (χ3v) is 5.01. The molecule has 0 aliphatic carbocycles. The Balaban J connectivity index is 1.86. The first-order chi connectivity index (χ1) is 8.60. The van der Waals surface area contributed by atoms with Crippen molar-refractivity contribution in [3.05, 3.63) is 0 Å². The zero-order chi connectivity index (χ0) is 13.0. The molecular formula is C15H30N2O. The molecule has 106 valence electrons. The average Bonchev–Trinajstić information content (AvgIpc) is 2.41. The Morgan fingerprint density at radius 2 is 1.78 bits per heavy atom. The third kappa shape index (κ3) is 3.46. The number of nitrogens with zero attached hydrogens (tertiary/aromatic N) is 1. The molecule has 2 rings (SSSR count). The second-order valence-corrected chi connectivity index (χ2v) is 6.60. The molecule has 2 aliphatic heterocycles. The van der Waals surface area contributed by atoms with E-state index in [4.69, 9.17) is 10.5 Å². The molecule has 0 spiro atoms. The van der Waals surface area contributed by atoms with E-state index in [2.05, 4.69) is 18.7 Å². The van der Waals surface area contributed by atoms with Gasteiger partial charge in [-0.05, 0) is 65.0 Å². The molecule has 0 aromatic heterocycles. The van der Waals surface area contributed by atoms with Crippen LogP contribution in [0, 0.1) is 5.92 Å². The maximum absolute atomic E-state index is 6.53. The SMILES string of the molecule is CC(C)(C(N)CC1CCOCC1)N1CCCCC1. The van der Waals surface area contributed by atoms with E-state index < -0.39 is 0 Å². The lowest BCUT2D eigenvalue weighted by molar-refractivity contribution is 0.0372. The number of piperidine rings is 1. The Bertz CT molecular complexity index is 243. The lowest BCUT2D eigenvalue weighted by Gasteiger charge is -2.45. The lowest BCUT2D eigenvalue weighted by Crippen LogP contribution is -2.58. The number of ether oxygens (including phenoxy) is 1. The summed E-state index contributed by atoms with van der Waals surface area (Å²) in [5, 5.41) is 0. The number of hydrogen-bond donors (Lipinski definition) is 1. The molecule has 0 aromatic rings. The van der Waals surface area contributed by atoms with Crippen molar-refractivity contribution in [3.63, 3.8) is 0 Å². The van der Waals surface area contributed by atoms with Gasteiger partial charge in [0.05, 0.1) is 0 Å². The molecule has 0 aromatic carbocycles. The van der Waals surface area contributed by atoms with Crippen LogP contribution in [0.4, 0.5) is 0 Å². The largest absolute Gasteiger partial charge is 0.381 e. The van der Waals surface area contributed by atoms with Gasteiger partial charge in [-0.2, -0.15) is 0 Å². The summed E-state index contributed by atoms with van der Waals surface area (Å²) in [5.41, 5.74) is 6.68. The van der Waals surface area contributed by atoms with Crippen LogP contribution in [0.25, 0.3) is 0 Å². The Labute approximate surface area is 112 Å². The van der Waals surface area contributed by atoms with Gasteiger partial charge in [0.1, 0.15) is 0 Å². The predicted octanol–water partition coefficient (Wildman–Crippen LogP) is 2.39. The molecule has 0 amide bonds. The van der Waals surface area contributed by atoms with Crippen molar-refractivity contribution in [3.8, 4) is 0 Å². The number of hydrogen-bond acceptors (Lipinski definition) is 3. The number of nitrogens with two attached hydrogens (primary N) is 1. The quantitative estimate of drug-likeness (QED) is 0.837. The van der Waals surface area contributed by atoms with Crippen LogP contribution in [-0.4, -0.2) is 42.8 Å². The Morgan fingerprint density at radius 1 is 1.17 bits per heavy atom. The molecule has 2 aliphatic rings. The van der Waals surface area contributed by atoms with Gasteiger partial charge in [0.2, 0.25) is 0 Å². The minimum Gasteiger partial charge on any atom is -0.381 e. The summed E-state index contributed by atoms with van der Waals surface area (Å²) < 4.78 is 5.43. The smallest absolute Gasteiger partial charge is 0.0468 e. The monoisotopic (exact) mass is 254 g/mol. The summed E-state index contributed by atoms with van der Waals surface area (Å²) in [6, 6.07) is 0.290. The normalized spacial score (nSPS) is 26.2. The highest BCUT2D eigenvalue weighted by Crippen LogP contribution is 2.28. The highest BCUT2D eigenvalue weighted by Gasteiger charge is 2.35. The van der Waals surface area contributed by atoms with Gasteiger partial charge in [0.25, 0.3) is 0 Å². The van der Waals surface area contributed by atoms with Gasteiger partial charge in [-0.3, -0.25) is 4.90 Å².